The highest BCUT2D eigenvalue weighted by Gasteiger charge is 2.48. The number of benzene rings is 2. The van der Waals surface area contributed by atoms with Crippen LogP contribution in [0.15, 0.2) is 42.7 Å². The number of piperazine rings is 1. The van der Waals surface area contributed by atoms with Gasteiger partial charge in [-0.25, -0.2) is 9.97 Å². The second-order valence-electron chi connectivity index (χ2n) is 17.2. The number of piperidine rings is 2. The molecule has 2 aromatic carbocycles. The molecule has 3 saturated heterocycles. The van der Waals surface area contributed by atoms with Gasteiger partial charge in [-0.3, -0.25) is 24.6 Å². The van der Waals surface area contributed by atoms with Gasteiger partial charge in [0.05, 0.1) is 18.3 Å². The highest BCUT2D eigenvalue weighted by Crippen LogP contribution is 2.53. The molecule has 0 radical (unpaired) electrons. The van der Waals surface area contributed by atoms with Crippen LogP contribution in [0.4, 0.5) is 11.6 Å². The molecule has 12 heteroatoms. The summed E-state index contributed by atoms with van der Waals surface area (Å²) in [7, 11) is 0. The quantitative estimate of drug-likeness (QED) is 0.368. The molecule has 10 rings (SSSR count). The average Bonchev–Trinajstić information content (AvgIpc) is 3.50. The summed E-state index contributed by atoms with van der Waals surface area (Å²) in [5.74, 6) is 2.62. The van der Waals surface area contributed by atoms with Gasteiger partial charge in [-0.1, -0.05) is 13.0 Å². The fourth-order valence-corrected chi connectivity index (χ4v) is 11.1. The largest absolute Gasteiger partial charge is 0.508 e. The van der Waals surface area contributed by atoms with E-state index in [4.69, 9.17) is 14.7 Å². The predicted molar refractivity (Wildman–Crippen MR) is 202 cm³/mol. The first-order valence-electron chi connectivity index (χ1n) is 20.0. The van der Waals surface area contributed by atoms with Crippen LogP contribution in [0.25, 0.3) is 0 Å². The number of carbonyl (C=O) groups is 3. The minimum Gasteiger partial charge on any atom is -0.508 e. The van der Waals surface area contributed by atoms with Gasteiger partial charge in [0, 0.05) is 75.1 Å². The molecule has 2 aliphatic carbocycles. The van der Waals surface area contributed by atoms with Crippen molar-refractivity contribution in [3.8, 4) is 11.5 Å². The van der Waals surface area contributed by atoms with Crippen molar-refractivity contribution in [3.63, 3.8) is 0 Å². The summed E-state index contributed by atoms with van der Waals surface area (Å²) in [6.07, 6.45) is 11.7. The van der Waals surface area contributed by atoms with Gasteiger partial charge in [0.1, 0.15) is 24.1 Å². The van der Waals surface area contributed by atoms with E-state index in [1.807, 2.05) is 30.6 Å². The number of amides is 3. The second-order valence-corrected chi connectivity index (χ2v) is 17.2. The van der Waals surface area contributed by atoms with Crippen LogP contribution in [0.1, 0.15) is 90.4 Å². The normalized spacial score (nSPS) is 27.8. The smallest absolute Gasteiger partial charge is 0.255 e. The number of ether oxygens (including phenoxy) is 1. The van der Waals surface area contributed by atoms with Crippen LogP contribution in [0.2, 0.25) is 0 Å². The SMILES string of the molecule is C[C@H]1CCc2cc(O)ccc2[C@H]1c1cnc(N2CCC3(CC2)CC(CN2CCN4c5ccc6c(c5OC[C@H]4C2)CN([C@H]2CCC(=O)NC2=O)C6=O)C3)nc1. The van der Waals surface area contributed by atoms with E-state index in [0.717, 1.165) is 86.5 Å². The van der Waals surface area contributed by atoms with Crippen molar-refractivity contribution in [2.24, 2.45) is 17.3 Å². The molecule has 1 spiro atoms. The highest BCUT2D eigenvalue weighted by molar-refractivity contribution is 6.06. The molecule has 54 heavy (non-hydrogen) atoms. The van der Waals surface area contributed by atoms with Crippen molar-refractivity contribution in [2.75, 3.05) is 55.7 Å². The Balaban J connectivity index is 0.718. The number of rotatable bonds is 5. The third-order valence-corrected chi connectivity index (χ3v) is 13.9. The van der Waals surface area contributed by atoms with Gasteiger partial charge >= 0.3 is 0 Å². The molecule has 1 aromatic heterocycles. The molecule has 7 aliphatic rings. The fraction of sp³-hybridized carbons (Fsp3) is 0.548. The Hall–Kier alpha value is -4.71. The van der Waals surface area contributed by atoms with Gasteiger partial charge in [-0.05, 0) is 103 Å². The summed E-state index contributed by atoms with van der Waals surface area (Å²) < 4.78 is 6.43. The Kier molecular flexibility index (Phi) is 8.12. The number of aromatic nitrogens is 2. The molecular weight excluding hydrogens is 683 g/mol. The molecule has 5 aliphatic heterocycles. The zero-order chi connectivity index (χ0) is 36.7. The monoisotopic (exact) mass is 731 g/mol. The van der Waals surface area contributed by atoms with Gasteiger partial charge in [0.15, 0.2) is 0 Å². The number of nitrogens with one attached hydrogen (secondary N) is 1. The van der Waals surface area contributed by atoms with Crippen LogP contribution in [0.5, 0.6) is 11.5 Å². The number of imide groups is 1. The third kappa shape index (κ3) is 5.70. The Morgan fingerprint density at radius 3 is 2.57 bits per heavy atom. The topological polar surface area (TPSA) is 131 Å². The highest BCUT2D eigenvalue weighted by atomic mass is 16.5. The molecule has 3 aromatic rings. The van der Waals surface area contributed by atoms with Crippen molar-refractivity contribution < 1.29 is 24.2 Å². The molecule has 0 unspecified atom stereocenters. The summed E-state index contributed by atoms with van der Waals surface area (Å²) in [6.45, 7) is 9.27. The van der Waals surface area contributed by atoms with E-state index in [9.17, 15) is 19.5 Å². The number of anilines is 2. The van der Waals surface area contributed by atoms with Crippen molar-refractivity contribution in [2.45, 2.75) is 82.8 Å². The number of hydrogen-bond acceptors (Lipinski definition) is 10. The van der Waals surface area contributed by atoms with E-state index in [0.29, 0.717) is 42.2 Å². The first-order chi connectivity index (χ1) is 26.2. The number of phenolic OH excluding ortho intramolecular Hbond substituents is 1. The van der Waals surface area contributed by atoms with Crippen LogP contribution < -0.4 is 19.9 Å². The lowest BCUT2D eigenvalue weighted by molar-refractivity contribution is -0.136. The summed E-state index contributed by atoms with van der Waals surface area (Å²) in [5, 5.41) is 12.4. The Morgan fingerprint density at radius 2 is 1.78 bits per heavy atom. The number of aromatic hydroxyl groups is 1. The van der Waals surface area contributed by atoms with Crippen LogP contribution >= 0.6 is 0 Å². The standard InChI is InChI=1S/C42H49N7O5/c1-25-2-3-27-16-30(50)4-5-31(27)37(25)28-19-43-41(44-20-28)47-12-10-42(11-13-47)17-26(18-42)21-46-14-15-48-29(22-46)24-54-38-33-23-49(35-8-9-36(51)45-39(35)52)40(53)32(33)6-7-34(38)48/h4-7,16,19-20,25-26,29,35,37,50H,2-3,8-15,17-18,21-24H2,1H3,(H,45,51,52)/t25-,29+,35-,37+/m0/s1. The minimum absolute atomic E-state index is 0.163. The maximum absolute atomic E-state index is 13.3. The van der Waals surface area contributed by atoms with Gasteiger partial charge in [-0.2, -0.15) is 0 Å². The third-order valence-electron chi connectivity index (χ3n) is 13.9. The number of aryl methyl sites for hydroxylation is 1. The molecule has 282 valence electrons. The number of fused-ring (bicyclic) bond motifs is 6. The summed E-state index contributed by atoms with van der Waals surface area (Å²) >= 11 is 0. The molecular formula is C42H49N7O5. The van der Waals surface area contributed by atoms with Crippen LogP contribution in [-0.2, 0) is 22.6 Å². The molecule has 3 amide bonds. The lowest BCUT2D eigenvalue weighted by Gasteiger charge is -2.54. The summed E-state index contributed by atoms with van der Waals surface area (Å²) in [6, 6.07) is 9.35. The molecule has 6 heterocycles. The number of phenols is 1. The van der Waals surface area contributed by atoms with E-state index in [1.165, 1.54) is 36.8 Å². The maximum atomic E-state index is 13.3. The molecule has 0 bridgehead atoms. The van der Waals surface area contributed by atoms with Crippen molar-refractivity contribution in [1.29, 1.82) is 0 Å². The van der Waals surface area contributed by atoms with Crippen molar-refractivity contribution in [3.05, 3.63) is 70.5 Å². The van der Waals surface area contributed by atoms with E-state index < -0.39 is 11.9 Å². The first kappa shape index (κ1) is 33.8. The zero-order valence-corrected chi connectivity index (χ0v) is 31.0. The maximum Gasteiger partial charge on any atom is 0.255 e. The van der Waals surface area contributed by atoms with E-state index in [-0.39, 0.29) is 30.2 Å². The number of hydrogen-bond donors (Lipinski definition) is 2. The average molecular weight is 732 g/mol. The minimum atomic E-state index is -0.629. The van der Waals surface area contributed by atoms with Gasteiger partial charge in [0.2, 0.25) is 17.8 Å². The van der Waals surface area contributed by atoms with Gasteiger partial charge < -0.3 is 24.5 Å². The molecule has 4 fully saturated rings. The second kappa shape index (κ2) is 13.0. The van der Waals surface area contributed by atoms with Crippen molar-refractivity contribution >= 4 is 29.4 Å². The van der Waals surface area contributed by atoms with Crippen molar-refractivity contribution in [1.82, 2.24) is 25.1 Å². The van der Waals surface area contributed by atoms with E-state index in [2.05, 4.69) is 33.0 Å². The molecule has 4 atom stereocenters. The lowest BCUT2D eigenvalue weighted by atomic mass is 9.57. The van der Waals surface area contributed by atoms with E-state index in [1.54, 1.807) is 11.0 Å². The predicted octanol–water partition coefficient (Wildman–Crippen LogP) is 4.24. The van der Waals surface area contributed by atoms with Crippen LogP contribution in [0.3, 0.4) is 0 Å². The summed E-state index contributed by atoms with van der Waals surface area (Å²) in [5.41, 5.74) is 6.66. The Labute approximate surface area is 315 Å². The number of carbonyl (C=O) groups excluding carboxylic acids is 3. The first-order valence-corrected chi connectivity index (χ1v) is 20.0. The van der Waals surface area contributed by atoms with Gasteiger partial charge in [0.25, 0.3) is 5.91 Å². The zero-order valence-electron chi connectivity index (χ0n) is 31.0. The molecule has 12 nitrogen and oxygen atoms in total. The number of nitrogens with zero attached hydrogens (tertiary/aromatic N) is 6. The Morgan fingerprint density at radius 1 is 0.963 bits per heavy atom. The summed E-state index contributed by atoms with van der Waals surface area (Å²) in [4.78, 5) is 56.4. The Bertz CT molecular complexity index is 2000. The molecule has 1 saturated carbocycles. The lowest BCUT2D eigenvalue weighted by Crippen LogP contribution is -2.59. The van der Waals surface area contributed by atoms with Gasteiger partial charge in [-0.15, -0.1) is 0 Å². The van der Waals surface area contributed by atoms with Crippen LogP contribution in [0, 0.1) is 17.3 Å². The van der Waals surface area contributed by atoms with E-state index >= 15 is 0 Å². The fourth-order valence-electron chi connectivity index (χ4n) is 11.1. The van der Waals surface area contributed by atoms with Crippen LogP contribution in [-0.4, -0.2) is 101 Å². The molecule has 2 N–H and O–H groups in total.